The summed E-state index contributed by atoms with van der Waals surface area (Å²) in [6, 6.07) is 12.5. The summed E-state index contributed by atoms with van der Waals surface area (Å²) in [7, 11) is 0. The molecule has 2 aromatic carbocycles. The number of aryl methyl sites for hydroxylation is 1. The van der Waals surface area contributed by atoms with Crippen LogP contribution in [-0.4, -0.2) is 0 Å². The van der Waals surface area contributed by atoms with Gasteiger partial charge in [-0.25, -0.2) is 0 Å². The van der Waals surface area contributed by atoms with E-state index in [1.54, 1.807) is 0 Å². The van der Waals surface area contributed by atoms with Gasteiger partial charge in [0.1, 0.15) is 0 Å². The summed E-state index contributed by atoms with van der Waals surface area (Å²) in [6.45, 7) is 2.90. The minimum atomic E-state index is 0.812. The van der Waals surface area contributed by atoms with Crippen molar-refractivity contribution in [3.8, 4) is 0 Å². The standard InChI is InChI=1S/C14H12Br3N/c1-9-6-11(3-5-12(9)15)18-8-10-2-4-13(16)14(17)7-10/h2-7,18H,8H2,1H3. The lowest BCUT2D eigenvalue weighted by Crippen LogP contribution is -1.99. The van der Waals surface area contributed by atoms with Gasteiger partial charge in [-0.2, -0.15) is 0 Å². The van der Waals surface area contributed by atoms with Gasteiger partial charge in [-0.1, -0.05) is 22.0 Å². The Morgan fingerprint density at radius 3 is 2.28 bits per heavy atom. The molecule has 0 aliphatic rings. The highest BCUT2D eigenvalue weighted by atomic mass is 79.9. The Morgan fingerprint density at radius 1 is 0.889 bits per heavy atom. The van der Waals surface area contributed by atoms with Gasteiger partial charge in [0.25, 0.3) is 0 Å². The van der Waals surface area contributed by atoms with Gasteiger partial charge in [0.05, 0.1) is 0 Å². The summed E-state index contributed by atoms with van der Waals surface area (Å²) in [4.78, 5) is 0. The van der Waals surface area contributed by atoms with Crippen LogP contribution in [0.1, 0.15) is 11.1 Å². The van der Waals surface area contributed by atoms with Crippen LogP contribution in [-0.2, 0) is 6.54 Å². The van der Waals surface area contributed by atoms with Crippen molar-refractivity contribution in [1.82, 2.24) is 0 Å². The first-order valence-corrected chi connectivity index (χ1v) is 7.88. The van der Waals surface area contributed by atoms with E-state index in [0.29, 0.717) is 0 Å². The van der Waals surface area contributed by atoms with Gasteiger partial charge >= 0.3 is 0 Å². The van der Waals surface area contributed by atoms with Gasteiger partial charge in [0.2, 0.25) is 0 Å². The predicted molar refractivity (Wildman–Crippen MR) is 88.0 cm³/mol. The van der Waals surface area contributed by atoms with Gasteiger partial charge in [-0.3, -0.25) is 0 Å². The zero-order chi connectivity index (χ0) is 13.1. The largest absolute Gasteiger partial charge is 0.381 e. The molecule has 0 saturated heterocycles. The number of benzene rings is 2. The quantitative estimate of drug-likeness (QED) is 0.635. The monoisotopic (exact) mass is 431 g/mol. The lowest BCUT2D eigenvalue weighted by molar-refractivity contribution is 1.14. The van der Waals surface area contributed by atoms with Crippen molar-refractivity contribution in [2.24, 2.45) is 0 Å². The summed E-state index contributed by atoms with van der Waals surface area (Å²) in [5.74, 6) is 0. The molecule has 0 aliphatic carbocycles. The zero-order valence-electron chi connectivity index (χ0n) is 9.81. The molecule has 4 heteroatoms. The molecule has 0 unspecified atom stereocenters. The van der Waals surface area contributed by atoms with E-state index < -0.39 is 0 Å². The number of hydrogen-bond donors (Lipinski definition) is 1. The van der Waals surface area contributed by atoms with Crippen molar-refractivity contribution in [3.05, 3.63) is 60.9 Å². The van der Waals surface area contributed by atoms with E-state index in [2.05, 4.69) is 90.4 Å². The van der Waals surface area contributed by atoms with Gasteiger partial charge < -0.3 is 5.32 Å². The molecule has 1 nitrogen and oxygen atoms in total. The van der Waals surface area contributed by atoms with Crippen LogP contribution < -0.4 is 5.32 Å². The molecule has 94 valence electrons. The fourth-order valence-corrected chi connectivity index (χ4v) is 2.53. The van der Waals surface area contributed by atoms with Crippen LogP contribution in [0.3, 0.4) is 0 Å². The maximum atomic E-state index is 3.51. The molecular formula is C14H12Br3N. The van der Waals surface area contributed by atoms with E-state index in [0.717, 1.165) is 25.7 Å². The molecule has 0 spiro atoms. The first-order valence-electron chi connectivity index (χ1n) is 5.50. The lowest BCUT2D eigenvalue weighted by Gasteiger charge is -2.09. The van der Waals surface area contributed by atoms with E-state index in [4.69, 9.17) is 0 Å². The number of rotatable bonds is 3. The van der Waals surface area contributed by atoms with Crippen LogP contribution in [0.15, 0.2) is 49.8 Å². The van der Waals surface area contributed by atoms with E-state index in [1.807, 2.05) is 6.07 Å². The van der Waals surface area contributed by atoms with Crippen LogP contribution in [0.4, 0.5) is 5.69 Å². The average molecular weight is 434 g/mol. The van der Waals surface area contributed by atoms with Crippen LogP contribution in [0.5, 0.6) is 0 Å². The van der Waals surface area contributed by atoms with Crippen molar-refractivity contribution in [2.75, 3.05) is 5.32 Å². The van der Waals surface area contributed by atoms with Gasteiger partial charge in [0, 0.05) is 25.7 Å². The Labute approximate surface area is 132 Å². The fourth-order valence-electron chi connectivity index (χ4n) is 1.61. The van der Waals surface area contributed by atoms with Crippen molar-refractivity contribution < 1.29 is 0 Å². The molecule has 2 aromatic rings. The Hall–Kier alpha value is -0.320. The number of halogens is 3. The van der Waals surface area contributed by atoms with Crippen LogP contribution in [0.2, 0.25) is 0 Å². The molecule has 18 heavy (non-hydrogen) atoms. The first kappa shape index (κ1) is 14.1. The summed E-state index contributed by atoms with van der Waals surface area (Å²) >= 11 is 10.5. The van der Waals surface area contributed by atoms with Gasteiger partial charge in [-0.15, -0.1) is 0 Å². The summed E-state index contributed by atoms with van der Waals surface area (Å²) in [5, 5.41) is 3.42. The first-order chi connectivity index (χ1) is 8.56. The molecule has 0 saturated carbocycles. The number of anilines is 1. The van der Waals surface area contributed by atoms with Crippen molar-refractivity contribution in [2.45, 2.75) is 13.5 Å². The maximum absolute atomic E-state index is 3.51. The molecule has 0 aromatic heterocycles. The fraction of sp³-hybridized carbons (Fsp3) is 0.143. The molecule has 0 bridgehead atoms. The third-order valence-electron chi connectivity index (χ3n) is 2.64. The third kappa shape index (κ3) is 3.59. The molecule has 0 fully saturated rings. The second-order valence-electron chi connectivity index (χ2n) is 4.07. The highest BCUT2D eigenvalue weighted by molar-refractivity contribution is 9.13. The second-order valence-corrected chi connectivity index (χ2v) is 6.63. The van der Waals surface area contributed by atoms with Crippen molar-refractivity contribution in [1.29, 1.82) is 0 Å². The Morgan fingerprint density at radius 2 is 1.61 bits per heavy atom. The molecule has 0 aliphatic heterocycles. The Balaban J connectivity index is 2.06. The Bertz CT molecular complexity index is 515. The van der Waals surface area contributed by atoms with Crippen LogP contribution in [0.25, 0.3) is 0 Å². The third-order valence-corrected chi connectivity index (χ3v) is 5.41. The summed E-state index contributed by atoms with van der Waals surface area (Å²) < 4.78 is 3.29. The molecule has 0 heterocycles. The molecule has 0 radical (unpaired) electrons. The van der Waals surface area contributed by atoms with Crippen molar-refractivity contribution in [3.63, 3.8) is 0 Å². The van der Waals surface area contributed by atoms with Gasteiger partial charge in [-0.05, 0) is 80.2 Å². The average Bonchev–Trinajstić information content (AvgIpc) is 2.35. The molecule has 1 N–H and O–H groups in total. The molecule has 0 amide bonds. The highest BCUT2D eigenvalue weighted by Gasteiger charge is 2.00. The van der Waals surface area contributed by atoms with Gasteiger partial charge in [0.15, 0.2) is 0 Å². The minimum absolute atomic E-state index is 0.812. The van der Waals surface area contributed by atoms with Crippen molar-refractivity contribution >= 4 is 53.5 Å². The zero-order valence-corrected chi connectivity index (χ0v) is 14.6. The smallest absolute Gasteiger partial charge is 0.0401 e. The highest BCUT2D eigenvalue weighted by Crippen LogP contribution is 2.25. The Kier molecular flexibility index (Phi) is 4.87. The maximum Gasteiger partial charge on any atom is 0.0401 e. The van der Waals surface area contributed by atoms with Crippen LogP contribution in [0, 0.1) is 6.92 Å². The minimum Gasteiger partial charge on any atom is -0.381 e. The molecule has 0 atom stereocenters. The summed E-state index contributed by atoms with van der Waals surface area (Å²) in [6.07, 6.45) is 0. The lowest BCUT2D eigenvalue weighted by atomic mass is 10.2. The summed E-state index contributed by atoms with van der Waals surface area (Å²) in [5.41, 5.74) is 3.61. The van der Waals surface area contributed by atoms with E-state index >= 15 is 0 Å². The second kappa shape index (κ2) is 6.22. The number of nitrogens with one attached hydrogen (secondary N) is 1. The van der Waals surface area contributed by atoms with Crippen LogP contribution >= 0.6 is 47.8 Å². The van der Waals surface area contributed by atoms with E-state index in [-0.39, 0.29) is 0 Å². The SMILES string of the molecule is Cc1cc(NCc2ccc(Br)c(Br)c2)ccc1Br. The molecular weight excluding hydrogens is 422 g/mol. The predicted octanol–water partition coefficient (Wildman–Crippen LogP) is 5.89. The van der Waals surface area contributed by atoms with E-state index in [9.17, 15) is 0 Å². The topological polar surface area (TPSA) is 12.0 Å². The molecule has 2 rings (SSSR count). The van der Waals surface area contributed by atoms with E-state index in [1.165, 1.54) is 11.1 Å². The normalized spacial score (nSPS) is 10.4. The number of hydrogen-bond acceptors (Lipinski definition) is 1.